The van der Waals surface area contributed by atoms with Gasteiger partial charge in [-0.15, -0.1) is 0 Å². The number of anilines is 1. The van der Waals surface area contributed by atoms with E-state index in [4.69, 9.17) is 0 Å². The molecule has 0 radical (unpaired) electrons. The van der Waals surface area contributed by atoms with E-state index in [1.807, 2.05) is 0 Å². The maximum atomic E-state index is 12.8. The number of nitrogens with zero attached hydrogens (tertiary/aromatic N) is 1. The molecule has 1 N–H and O–H groups in total. The number of aryl methyl sites for hydroxylation is 1. The van der Waals surface area contributed by atoms with E-state index in [0.717, 1.165) is 0 Å². The second kappa shape index (κ2) is 7.77. The van der Waals surface area contributed by atoms with Crippen molar-refractivity contribution in [1.82, 2.24) is 4.31 Å². The summed E-state index contributed by atoms with van der Waals surface area (Å²) < 4.78 is 54.7. The van der Waals surface area contributed by atoms with Gasteiger partial charge in [0, 0.05) is 13.1 Å². The van der Waals surface area contributed by atoms with Crippen LogP contribution in [-0.4, -0.2) is 34.2 Å². The molecular formula is C18H24N2O4S2. The van der Waals surface area contributed by atoms with Crippen molar-refractivity contribution in [2.75, 3.05) is 17.8 Å². The van der Waals surface area contributed by atoms with Crippen LogP contribution in [-0.2, 0) is 20.0 Å². The maximum absolute atomic E-state index is 12.8. The highest BCUT2D eigenvalue weighted by Gasteiger charge is 2.24. The van der Waals surface area contributed by atoms with E-state index < -0.39 is 20.0 Å². The van der Waals surface area contributed by atoms with E-state index in [2.05, 4.69) is 4.72 Å². The van der Waals surface area contributed by atoms with Crippen LogP contribution in [0.4, 0.5) is 5.69 Å². The molecule has 0 atom stereocenters. The van der Waals surface area contributed by atoms with Crippen LogP contribution in [0.5, 0.6) is 0 Å². The molecule has 2 aromatic carbocycles. The molecule has 0 aliphatic rings. The second-order valence-electron chi connectivity index (χ2n) is 5.92. The van der Waals surface area contributed by atoms with E-state index in [0.29, 0.717) is 24.2 Å². The minimum absolute atomic E-state index is 0.0788. The number of hydrogen-bond donors (Lipinski definition) is 1. The quantitative estimate of drug-likeness (QED) is 0.779. The first-order valence-corrected chi connectivity index (χ1v) is 11.2. The van der Waals surface area contributed by atoms with Crippen LogP contribution in [0.15, 0.2) is 52.3 Å². The van der Waals surface area contributed by atoms with Crippen molar-refractivity contribution in [1.29, 1.82) is 0 Å². The van der Waals surface area contributed by atoms with Gasteiger partial charge in [0.25, 0.3) is 10.0 Å². The lowest BCUT2D eigenvalue weighted by atomic mass is 10.1. The molecule has 6 nitrogen and oxygen atoms in total. The zero-order valence-electron chi connectivity index (χ0n) is 15.4. The van der Waals surface area contributed by atoms with Crippen LogP contribution in [0.3, 0.4) is 0 Å². The number of rotatable bonds is 7. The molecule has 2 rings (SSSR count). The van der Waals surface area contributed by atoms with Crippen LogP contribution in [0.25, 0.3) is 0 Å². The Bertz CT molecular complexity index is 981. The maximum Gasteiger partial charge on any atom is 0.261 e. The molecule has 26 heavy (non-hydrogen) atoms. The van der Waals surface area contributed by atoms with Gasteiger partial charge in [-0.2, -0.15) is 4.31 Å². The molecule has 2 aromatic rings. The molecule has 0 aliphatic heterocycles. The van der Waals surface area contributed by atoms with Gasteiger partial charge in [-0.1, -0.05) is 32.0 Å². The van der Waals surface area contributed by atoms with Crippen LogP contribution in [0, 0.1) is 13.8 Å². The van der Waals surface area contributed by atoms with Crippen molar-refractivity contribution in [3.05, 3.63) is 53.6 Å². The van der Waals surface area contributed by atoms with Crippen molar-refractivity contribution in [3.63, 3.8) is 0 Å². The molecule has 0 heterocycles. The fourth-order valence-electron chi connectivity index (χ4n) is 2.60. The van der Waals surface area contributed by atoms with Crippen LogP contribution in [0.1, 0.15) is 25.0 Å². The Kier molecular flexibility index (Phi) is 6.10. The summed E-state index contributed by atoms with van der Waals surface area (Å²) in [5.74, 6) is 0. The van der Waals surface area contributed by atoms with Crippen molar-refractivity contribution >= 4 is 25.7 Å². The zero-order chi connectivity index (χ0) is 19.5. The highest BCUT2D eigenvalue weighted by atomic mass is 32.2. The number of hydrogen-bond acceptors (Lipinski definition) is 4. The van der Waals surface area contributed by atoms with Crippen LogP contribution < -0.4 is 4.72 Å². The largest absolute Gasteiger partial charge is 0.279 e. The fourth-order valence-corrected chi connectivity index (χ4v) is 5.30. The summed E-state index contributed by atoms with van der Waals surface area (Å²) in [6, 6.07) is 10.9. The van der Waals surface area contributed by atoms with E-state index in [-0.39, 0.29) is 15.5 Å². The van der Waals surface area contributed by atoms with Crippen molar-refractivity contribution < 1.29 is 16.8 Å². The Morgan fingerprint density at radius 1 is 0.885 bits per heavy atom. The highest BCUT2D eigenvalue weighted by molar-refractivity contribution is 7.92. The SMILES string of the molecule is CCN(CC)S(=O)(=O)c1cc(C)c(C)c(NS(=O)(=O)c2ccccc2)c1. The highest BCUT2D eigenvalue weighted by Crippen LogP contribution is 2.28. The Morgan fingerprint density at radius 3 is 2.00 bits per heavy atom. The standard InChI is InChI=1S/C18H24N2O4S2/c1-5-20(6-2)26(23,24)17-12-14(3)15(4)18(13-17)19-25(21,22)16-10-8-7-9-11-16/h7-13,19H,5-6H2,1-4H3. The Labute approximate surface area is 156 Å². The van der Waals surface area contributed by atoms with Gasteiger partial charge < -0.3 is 0 Å². The predicted octanol–water partition coefficient (Wildman–Crippen LogP) is 3.13. The van der Waals surface area contributed by atoms with Crippen molar-refractivity contribution in [2.45, 2.75) is 37.5 Å². The number of benzene rings is 2. The van der Waals surface area contributed by atoms with E-state index in [1.54, 1.807) is 52.0 Å². The van der Waals surface area contributed by atoms with Crippen LogP contribution in [0.2, 0.25) is 0 Å². The van der Waals surface area contributed by atoms with Gasteiger partial charge in [-0.05, 0) is 49.2 Å². The van der Waals surface area contributed by atoms with Crippen molar-refractivity contribution in [3.8, 4) is 0 Å². The summed E-state index contributed by atoms with van der Waals surface area (Å²) in [5, 5.41) is 0. The summed E-state index contributed by atoms with van der Waals surface area (Å²) in [6.45, 7) is 7.73. The predicted molar refractivity (Wildman–Crippen MR) is 103 cm³/mol. The first-order chi connectivity index (χ1) is 12.1. The van der Waals surface area contributed by atoms with Crippen molar-refractivity contribution in [2.24, 2.45) is 0 Å². The normalized spacial score (nSPS) is 12.3. The summed E-state index contributed by atoms with van der Waals surface area (Å²) in [4.78, 5) is 0.198. The second-order valence-corrected chi connectivity index (χ2v) is 9.54. The molecule has 0 saturated carbocycles. The van der Waals surface area contributed by atoms with E-state index in [9.17, 15) is 16.8 Å². The molecule has 0 amide bonds. The first kappa shape index (κ1) is 20.4. The Morgan fingerprint density at radius 2 is 1.46 bits per heavy atom. The Hall–Kier alpha value is -1.90. The molecule has 0 bridgehead atoms. The summed E-state index contributed by atoms with van der Waals surface area (Å²) in [5.41, 5.74) is 1.64. The lowest BCUT2D eigenvalue weighted by Gasteiger charge is -2.20. The van der Waals surface area contributed by atoms with E-state index in [1.165, 1.54) is 22.5 Å². The molecule has 0 spiro atoms. The molecular weight excluding hydrogens is 372 g/mol. The minimum atomic E-state index is -3.80. The van der Waals surface area contributed by atoms with Gasteiger partial charge in [0.05, 0.1) is 15.5 Å². The lowest BCUT2D eigenvalue weighted by molar-refractivity contribution is 0.445. The Balaban J connectivity index is 2.53. The lowest BCUT2D eigenvalue weighted by Crippen LogP contribution is -2.30. The summed E-state index contributed by atoms with van der Waals surface area (Å²) >= 11 is 0. The third-order valence-electron chi connectivity index (χ3n) is 4.28. The summed E-state index contributed by atoms with van der Waals surface area (Å²) in [7, 11) is -7.49. The summed E-state index contributed by atoms with van der Waals surface area (Å²) in [6.07, 6.45) is 0. The van der Waals surface area contributed by atoms with Gasteiger partial charge in [0.15, 0.2) is 0 Å². The molecule has 142 valence electrons. The fraction of sp³-hybridized carbons (Fsp3) is 0.333. The monoisotopic (exact) mass is 396 g/mol. The van der Waals surface area contributed by atoms with E-state index >= 15 is 0 Å². The molecule has 0 aliphatic carbocycles. The van der Waals surface area contributed by atoms with Gasteiger partial charge in [-0.3, -0.25) is 4.72 Å². The third kappa shape index (κ3) is 4.08. The van der Waals surface area contributed by atoms with Gasteiger partial charge in [-0.25, -0.2) is 16.8 Å². The third-order valence-corrected chi connectivity index (χ3v) is 7.69. The molecule has 0 saturated heterocycles. The average Bonchev–Trinajstić information content (AvgIpc) is 2.60. The topological polar surface area (TPSA) is 83.6 Å². The van der Waals surface area contributed by atoms with Gasteiger partial charge in [0.1, 0.15) is 0 Å². The zero-order valence-corrected chi connectivity index (χ0v) is 17.0. The number of sulfonamides is 2. The number of nitrogens with one attached hydrogen (secondary N) is 1. The van der Waals surface area contributed by atoms with Gasteiger partial charge in [0.2, 0.25) is 10.0 Å². The minimum Gasteiger partial charge on any atom is -0.279 e. The smallest absolute Gasteiger partial charge is 0.261 e. The first-order valence-electron chi connectivity index (χ1n) is 8.32. The molecule has 0 unspecified atom stereocenters. The molecule has 0 aromatic heterocycles. The van der Waals surface area contributed by atoms with Crippen LogP contribution >= 0.6 is 0 Å². The average molecular weight is 397 g/mol. The van der Waals surface area contributed by atoms with Gasteiger partial charge >= 0.3 is 0 Å². The molecule has 8 heteroatoms. The molecule has 0 fully saturated rings.